The molecule has 0 aromatic heterocycles. The first kappa shape index (κ1) is 9.97. The van der Waals surface area contributed by atoms with Gasteiger partial charge in [0, 0.05) is 10.8 Å². The van der Waals surface area contributed by atoms with Crippen LogP contribution in [0.25, 0.3) is 0 Å². The summed E-state index contributed by atoms with van der Waals surface area (Å²) in [6, 6.07) is 0. The molecule has 3 unspecified atom stereocenters. The van der Waals surface area contributed by atoms with Crippen molar-refractivity contribution < 1.29 is 23.6 Å². The van der Waals surface area contributed by atoms with Crippen molar-refractivity contribution in [1.82, 2.24) is 5.32 Å². The number of carbonyl (C=O) groups is 2. The zero-order valence-corrected chi connectivity index (χ0v) is 7.67. The second kappa shape index (κ2) is 3.73. The number of ether oxygens (including phenoxy) is 1. The van der Waals surface area contributed by atoms with E-state index in [-0.39, 0.29) is 5.75 Å². The quantitative estimate of drug-likeness (QED) is 0.553. The Morgan fingerprint density at radius 2 is 2.38 bits per heavy atom. The normalized spacial score (nSPS) is 33.6. The Kier molecular flexibility index (Phi) is 2.86. The monoisotopic (exact) mass is 207 g/mol. The Balaban J connectivity index is 2.58. The van der Waals surface area contributed by atoms with Crippen LogP contribution in [-0.2, 0) is 20.3 Å². The molecule has 0 radical (unpaired) electrons. The van der Waals surface area contributed by atoms with Gasteiger partial charge in [0.2, 0.25) is 5.91 Å². The summed E-state index contributed by atoms with van der Waals surface area (Å²) in [4.78, 5) is 21.1. The number of carboxylic acid groups (broad SMARTS) is 1. The number of rotatable bonds is 1. The lowest BCUT2D eigenvalue weighted by Crippen LogP contribution is -2.52. The molecule has 0 aromatic rings. The van der Waals surface area contributed by atoms with E-state index >= 15 is 0 Å². The summed E-state index contributed by atoms with van der Waals surface area (Å²) in [5.41, 5.74) is 0. The van der Waals surface area contributed by atoms with Crippen LogP contribution in [0, 0.1) is 0 Å². The average Bonchev–Trinajstić information content (AvgIpc) is 1.98. The molecule has 6 nitrogen and oxygen atoms in total. The first-order valence-electron chi connectivity index (χ1n) is 3.58. The lowest BCUT2D eigenvalue weighted by molar-refractivity contribution is -0.123. The van der Waals surface area contributed by atoms with Gasteiger partial charge in [-0.1, -0.05) is 0 Å². The lowest BCUT2D eigenvalue weighted by atomic mass is 10.4. The molecular formula is C6H9NO5S. The van der Waals surface area contributed by atoms with Crippen molar-refractivity contribution in [2.45, 2.75) is 18.4 Å². The van der Waals surface area contributed by atoms with Crippen molar-refractivity contribution in [3.63, 3.8) is 0 Å². The van der Waals surface area contributed by atoms with Gasteiger partial charge in [-0.3, -0.25) is 9.00 Å². The first-order chi connectivity index (χ1) is 6.00. The molecule has 1 amide bonds. The predicted molar refractivity (Wildman–Crippen MR) is 43.5 cm³/mol. The fraction of sp³-hybridized carbons (Fsp3) is 0.667. The van der Waals surface area contributed by atoms with Crippen molar-refractivity contribution >= 4 is 22.9 Å². The second-order valence-electron chi connectivity index (χ2n) is 2.57. The van der Waals surface area contributed by atoms with Gasteiger partial charge in [-0.2, -0.15) is 0 Å². The fourth-order valence-electron chi connectivity index (χ4n) is 0.916. The molecule has 1 saturated heterocycles. The Hall–Kier alpha value is -1.11. The maximum Gasteiger partial charge on any atom is 0.507 e. The largest absolute Gasteiger partial charge is 0.507 e. The maximum atomic E-state index is 11.2. The van der Waals surface area contributed by atoms with Gasteiger partial charge in [-0.05, 0) is 6.92 Å². The van der Waals surface area contributed by atoms with Crippen LogP contribution in [0.5, 0.6) is 0 Å². The number of amides is 1. The molecule has 7 heteroatoms. The van der Waals surface area contributed by atoms with Crippen LogP contribution >= 0.6 is 0 Å². The third-order valence-corrected chi connectivity index (χ3v) is 3.26. The van der Waals surface area contributed by atoms with Crippen molar-refractivity contribution in [2.75, 3.05) is 5.75 Å². The molecule has 0 bridgehead atoms. The number of carbonyl (C=O) groups excluding carboxylic acids is 1. The minimum atomic E-state index is -1.49. The Morgan fingerprint density at radius 1 is 1.77 bits per heavy atom. The van der Waals surface area contributed by atoms with Gasteiger partial charge in [-0.25, -0.2) is 4.79 Å². The topological polar surface area (TPSA) is 92.7 Å². The van der Waals surface area contributed by atoms with Gasteiger partial charge < -0.3 is 15.2 Å². The highest BCUT2D eigenvalue weighted by Gasteiger charge is 2.32. The minimum absolute atomic E-state index is 0.0131. The molecule has 0 spiro atoms. The zero-order valence-electron chi connectivity index (χ0n) is 6.85. The van der Waals surface area contributed by atoms with Crippen molar-refractivity contribution in [3.05, 3.63) is 0 Å². The highest BCUT2D eigenvalue weighted by Crippen LogP contribution is 2.07. The zero-order chi connectivity index (χ0) is 10.0. The first-order valence-corrected chi connectivity index (χ1v) is 4.96. The molecule has 1 fully saturated rings. The van der Waals surface area contributed by atoms with E-state index in [1.807, 2.05) is 0 Å². The van der Waals surface area contributed by atoms with Crippen LogP contribution in [0.2, 0.25) is 0 Å². The molecule has 1 rings (SSSR count). The number of hydrogen-bond acceptors (Lipinski definition) is 4. The molecule has 13 heavy (non-hydrogen) atoms. The summed E-state index contributed by atoms with van der Waals surface area (Å²) < 4.78 is 15.4. The molecule has 1 aliphatic heterocycles. The molecule has 74 valence electrons. The van der Waals surface area contributed by atoms with Crippen LogP contribution in [0.4, 0.5) is 4.79 Å². The van der Waals surface area contributed by atoms with Crippen molar-refractivity contribution in [2.24, 2.45) is 0 Å². The van der Waals surface area contributed by atoms with Crippen LogP contribution in [0.3, 0.4) is 0 Å². The van der Waals surface area contributed by atoms with E-state index in [0.29, 0.717) is 0 Å². The predicted octanol–water partition coefficient (Wildman–Crippen LogP) is -0.726. The number of hydrogen-bond donors (Lipinski definition) is 2. The second-order valence-corrected chi connectivity index (χ2v) is 4.37. The Labute approximate surface area is 76.7 Å². The van der Waals surface area contributed by atoms with Gasteiger partial charge in [0.1, 0.15) is 5.25 Å². The average molecular weight is 207 g/mol. The molecular weight excluding hydrogens is 198 g/mol. The van der Waals surface area contributed by atoms with E-state index in [0.717, 1.165) is 0 Å². The molecule has 0 aromatic carbocycles. The summed E-state index contributed by atoms with van der Waals surface area (Å²) in [5, 5.41) is 9.92. The highest BCUT2D eigenvalue weighted by molar-refractivity contribution is 7.86. The van der Waals surface area contributed by atoms with Gasteiger partial charge in [-0.15, -0.1) is 0 Å². The maximum absolute atomic E-state index is 11.2. The third-order valence-electron chi connectivity index (χ3n) is 1.63. The molecule has 0 aliphatic carbocycles. The lowest BCUT2D eigenvalue weighted by Gasteiger charge is -2.25. The smallest absolute Gasteiger partial charge is 0.450 e. The molecule has 1 aliphatic rings. The minimum Gasteiger partial charge on any atom is -0.450 e. The van der Waals surface area contributed by atoms with Crippen molar-refractivity contribution in [1.29, 1.82) is 0 Å². The summed E-state index contributed by atoms with van der Waals surface area (Å²) >= 11 is 0. The van der Waals surface area contributed by atoms with Gasteiger partial charge in [0.15, 0.2) is 6.23 Å². The van der Waals surface area contributed by atoms with Crippen LogP contribution < -0.4 is 5.32 Å². The number of nitrogens with one attached hydrogen (secondary N) is 1. The van der Waals surface area contributed by atoms with E-state index in [1.165, 1.54) is 6.92 Å². The highest BCUT2D eigenvalue weighted by atomic mass is 32.2. The van der Waals surface area contributed by atoms with Crippen LogP contribution in [-0.4, -0.2) is 38.6 Å². The SMILES string of the molecule is CC1C(=O)NC(OC(=O)O)CS1=O. The summed E-state index contributed by atoms with van der Waals surface area (Å²) in [6.45, 7) is 1.52. The van der Waals surface area contributed by atoms with Gasteiger partial charge in [0.05, 0.1) is 5.75 Å². The van der Waals surface area contributed by atoms with Crippen LogP contribution in [0.15, 0.2) is 0 Å². The Morgan fingerprint density at radius 3 is 2.85 bits per heavy atom. The molecule has 0 saturated carbocycles. The standard InChI is InChI=1S/C6H9NO5S/c1-3-5(8)7-4(2-13(3)11)12-6(9)10/h3-4H,2H2,1H3,(H,7,8)(H,9,10). The fourth-order valence-corrected chi connectivity index (χ4v) is 1.96. The van der Waals surface area contributed by atoms with Gasteiger partial charge in [0.25, 0.3) is 0 Å². The summed E-state index contributed by atoms with van der Waals surface area (Å²) in [7, 11) is -1.36. The third kappa shape index (κ3) is 2.41. The van der Waals surface area contributed by atoms with E-state index in [4.69, 9.17) is 5.11 Å². The van der Waals surface area contributed by atoms with E-state index < -0.39 is 34.3 Å². The van der Waals surface area contributed by atoms with E-state index in [9.17, 15) is 13.8 Å². The molecule has 2 N–H and O–H groups in total. The van der Waals surface area contributed by atoms with E-state index in [1.54, 1.807) is 0 Å². The van der Waals surface area contributed by atoms with Gasteiger partial charge >= 0.3 is 6.16 Å². The summed E-state index contributed by atoms with van der Waals surface area (Å²) in [5.74, 6) is -0.435. The van der Waals surface area contributed by atoms with Crippen molar-refractivity contribution in [3.8, 4) is 0 Å². The van der Waals surface area contributed by atoms with E-state index in [2.05, 4.69) is 10.1 Å². The van der Waals surface area contributed by atoms with Crippen LogP contribution in [0.1, 0.15) is 6.92 Å². The molecule has 3 atom stereocenters. The summed E-state index contributed by atoms with van der Waals surface area (Å²) in [6.07, 6.45) is -2.47. The Bertz CT molecular complexity index is 248. The molecule has 1 heterocycles.